The van der Waals surface area contributed by atoms with Crippen LogP contribution in [0.4, 0.5) is 0 Å². The van der Waals surface area contributed by atoms with E-state index in [1.165, 1.54) is 122 Å². The van der Waals surface area contributed by atoms with E-state index in [0.717, 1.165) is 48.4 Å². The molecule has 0 atom stereocenters. The molecule has 0 N–H and O–H groups in total. The van der Waals surface area contributed by atoms with Gasteiger partial charge in [-0.1, -0.05) is 110 Å². The smallest absolute Gasteiger partial charge is 0.119 e. The Hall–Kier alpha value is -1.18. The van der Waals surface area contributed by atoms with Crippen LogP contribution in [-0.2, 0) is 0 Å². The van der Waals surface area contributed by atoms with E-state index in [0.29, 0.717) is 0 Å². The van der Waals surface area contributed by atoms with E-state index in [4.69, 9.17) is 9.47 Å². The first kappa shape index (κ1) is 28.4. The van der Waals surface area contributed by atoms with E-state index in [9.17, 15) is 0 Å². The molecule has 0 heterocycles. The van der Waals surface area contributed by atoms with Crippen LogP contribution >= 0.6 is 0 Å². The second kappa shape index (κ2) is 17.3. The van der Waals surface area contributed by atoms with Crippen molar-refractivity contribution in [1.29, 1.82) is 0 Å². The molecule has 0 unspecified atom stereocenters. The van der Waals surface area contributed by atoms with Crippen LogP contribution in [0.3, 0.4) is 0 Å². The van der Waals surface area contributed by atoms with E-state index in [1.807, 2.05) is 0 Å². The molecule has 2 aliphatic carbocycles. The summed E-state index contributed by atoms with van der Waals surface area (Å²) < 4.78 is 12.2. The molecule has 0 aromatic heterocycles. The van der Waals surface area contributed by atoms with Gasteiger partial charge in [-0.15, -0.1) is 0 Å². The summed E-state index contributed by atoms with van der Waals surface area (Å²) in [5.74, 6) is 5.65. The Morgan fingerprint density at radius 3 is 1.54 bits per heavy atom. The van der Waals surface area contributed by atoms with Crippen molar-refractivity contribution in [2.45, 2.75) is 136 Å². The molecule has 2 fully saturated rings. The average Bonchev–Trinajstić information content (AvgIpc) is 2.90. The number of benzene rings is 1. The lowest BCUT2D eigenvalue weighted by Gasteiger charge is -2.28. The highest BCUT2D eigenvalue weighted by atomic mass is 16.5. The molecule has 0 spiro atoms. The normalized spacial score (nSPS) is 24.9. The predicted molar refractivity (Wildman–Crippen MR) is 150 cm³/mol. The molecule has 1 aromatic carbocycles. The summed E-state index contributed by atoms with van der Waals surface area (Å²) in [5, 5.41) is 0. The molecule has 3 rings (SSSR count). The van der Waals surface area contributed by atoms with Crippen LogP contribution in [0.1, 0.15) is 136 Å². The molecule has 2 aliphatic rings. The number of rotatable bonds is 17. The van der Waals surface area contributed by atoms with Crippen molar-refractivity contribution >= 4 is 0 Å². The Balaban J connectivity index is 1.20. The highest BCUT2D eigenvalue weighted by molar-refractivity contribution is 5.31. The fraction of sp³-hybridized carbons (Fsp3) is 0.818. The van der Waals surface area contributed by atoms with E-state index in [-0.39, 0.29) is 0 Å². The summed E-state index contributed by atoms with van der Waals surface area (Å²) >= 11 is 0. The first-order chi connectivity index (χ1) is 17.3. The molecule has 2 saturated carbocycles. The Labute approximate surface area is 218 Å². The fourth-order valence-corrected chi connectivity index (χ4v) is 6.43. The molecule has 1 aromatic rings. The predicted octanol–water partition coefficient (Wildman–Crippen LogP) is 10.4. The molecule has 0 amide bonds. The molecular formula is C33H56O2. The van der Waals surface area contributed by atoms with Crippen LogP contribution < -0.4 is 9.47 Å². The molecule has 200 valence electrons. The molecule has 35 heavy (non-hydrogen) atoms. The largest absolute Gasteiger partial charge is 0.494 e. The average molecular weight is 485 g/mol. The lowest BCUT2D eigenvalue weighted by Crippen LogP contribution is -2.20. The molecule has 0 saturated heterocycles. The Kier molecular flexibility index (Phi) is 14.0. The first-order valence-electron chi connectivity index (χ1n) is 15.6. The van der Waals surface area contributed by atoms with Crippen molar-refractivity contribution in [3.05, 3.63) is 24.3 Å². The van der Waals surface area contributed by atoms with Crippen LogP contribution in [0.25, 0.3) is 0 Å². The minimum absolute atomic E-state index is 0.740. The van der Waals surface area contributed by atoms with Crippen molar-refractivity contribution in [2.24, 2.45) is 23.7 Å². The van der Waals surface area contributed by atoms with Crippen molar-refractivity contribution in [3.8, 4) is 11.5 Å². The minimum Gasteiger partial charge on any atom is -0.494 e. The molecule has 0 bridgehead atoms. The fourth-order valence-electron chi connectivity index (χ4n) is 6.43. The number of hydrogen-bond acceptors (Lipinski definition) is 2. The van der Waals surface area contributed by atoms with Crippen molar-refractivity contribution in [2.75, 3.05) is 13.2 Å². The van der Waals surface area contributed by atoms with Crippen LogP contribution in [-0.4, -0.2) is 13.2 Å². The van der Waals surface area contributed by atoms with Crippen molar-refractivity contribution in [1.82, 2.24) is 0 Å². The van der Waals surface area contributed by atoms with Gasteiger partial charge in [-0.05, 0) is 73.6 Å². The van der Waals surface area contributed by atoms with Gasteiger partial charge in [0.15, 0.2) is 0 Å². The number of unbranched alkanes of at least 4 members (excludes halogenated alkanes) is 5. The van der Waals surface area contributed by atoms with Gasteiger partial charge in [-0.2, -0.15) is 0 Å². The van der Waals surface area contributed by atoms with Crippen LogP contribution in [0.5, 0.6) is 11.5 Å². The topological polar surface area (TPSA) is 18.5 Å². The Morgan fingerprint density at radius 1 is 0.514 bits per heavy atom. The zero-order chi connectivity index (χ0) is 24.6. The summed E-state index contributed by atoms with van der Waals surface area (Å²) in [5.41, 5.74) is 0. The van der Waals surface area contributed by atoms with Gasteiger partial charge in [0, 0.05) is 0 Å². The third-order valence-corrected chi connectivity index (χ3v) is 8.95. The van der Waals surface area contributed by atoms with E-state index in [2.05, 4.69) is 38.1 Å². The second-order valence-corrected chi connectivity index (χ2v) is 11.9. The van der Waals surface area contributed by atoms with Gasteiger partial charge in [-0.3, -0.25) is 0 Å². The highest BCUT2D eigenvalue weighted by Gasteiger charge is 2.22. The molecule has 0 radical (unpaired) electrons. The SMILES string of the molecule is CCCCCCCC1CCC(COc2ccc(OCCCC3CCC(CCCC)CC3)cc2)CC1. The van der Waals surface area contributed by atoms with Gasteiger partial charge >= 0.3 is 0 Å². The monoisotopic (exact) mass is 484 g/mol. The van der Waals surface area contributed by atoms with Crippen molar-refractivity contribution in [3.63, 3.8) is 0 Å². The summed E-state index contributed by atoms with van der Waals surface area (Å²) in [6.07, 6.45) is 26.6. The zero-order valence-corrected chi connectivity index (χ0v) is 23.3. The molecular weight excluding hydrogens is 428 g/mol. The summed E-state index contributed by atoms with van der Waals surface area (Å²) in [6.45, 7) is 6.34. The van der Waals surface area contributed by atoms with Gasteiger partial charge < -0.3 is 9.47 Å². The maximum atomic E-state index is 6.14. The molecule has 0 aliphatic heterocycles. The van der Waals surface area contributed by atoms with E-state index >= 15 is 0 Å². The third kappa shape index (κ3) is 11.6. The van der Waals surface area contributed by atoms with Gasteiger partial charge in [0.2, 0.25) is 0 Å². The summed E-state index contributed by atoms with van der Waals surface area (Å²) in [4.78, 5) is 0. The first-order valence-corrected chi connectivity index (χ1v) is 15.6. The zero-order valence-electron chi connectivity index (χ0n) is 23.3. The van der Waals surface area contributed by atoms with Gasteiger partial charge in [-0.25, -0.2) is 0 Å². The lowest BCUT2D eigenvalue weighted by molar-refractivity contribution is 0.177. The summed E-state index contributed by atoms with van der Waals surface area (Å²) in [7, 11) is 0. The highest BCUT2D eigenvalue weighted by Crippen LogP contribution is 2.34. The third-order valence-electron chi connectivity index (χ3n) is 8.95. The van der Waals surface area contributed by atoms with Crippen LogP contribution in [0.15, 0.2) is 24.3 Å². The maximum absolute atomic E-state index is 6.14. The van der Waals surface area contributed by atoms with Gasteiger partial charge in [0.1, 0.15) is 11.5 Å². The van der Waals surface area contributed by atoms with Gasteiger partial charge in [0.25, 0.3) is 0 Å². The molecule has 2 nitrogen and oxygen atoms in total. The molecule has 2 heteroatoms. The standard InChI is InChI=1S/C33H56O2/c1-3-5-7-8-9-12-29-18-20-31(21-19-29)27-35-33-24-22-32(23-25-33)34-26-10-13-30-16-14-28(15-17-30)11-6-4-2/h22-25,28-31H,3-21,26-27H2,1-2H3. The van der Waals surface area contributed by atoms with Gasteiger partial charge in [0.05, 0.1) is 13.2 Å². The van der Waals surface area contributed by atoms with E-state index < -0.39 is 0 Å². The summed E-state index contributed by atoms with van der Waals surface area (Å²) in [6, 6.07) is 8.36. The van der Waals surface area contributed by atoms with Crippen LogP contribution in [0, 0.1) is 23.7 Å². The quantitative estimate of drug-likeness (QED) is 0.205. The Bertz CT molecular complexity index is 623. The number of hydrogen-bond donors (Lipinski definition) is 0. The van der Waals surface area contributed by atoms with E-state index in [1.54, 1.807) is 0 Å². The Morgan fingerprint density at radius 2 is 0.971 bits per heavy atom. The van der Waals surface area contributed by atoms with Crippen LogP contribution in [0.2, 0.25) is 0 Å². The number of ether oxygens (including phenoxy) is 2. The van der Waals surface area contributed by atoms with Crippen molar-refractivity contribution < 1.29 is 9.47 Å². The second-order valence-electron chi connectivity index (χ2n) is 11.9. The lowest BCUT2D eigenvalue weighted by atomic mass is 9.78. The maximum Gasteiger partial charge on any atom is 0.119 e. The minimum atomic E-state index is 0.740.